The van der Waals surface area contributed by atoms with Gasteiger partial charge in [0.05, 0.1) is 11.9 Å². The normalized spacial score (nSPS) is 12.6. The minimum atomic E-state index is -0.328. The van der Waals surface area contributed by atoms with Crippen LogP contribution in [-0.2, 0) is 12.8 Å². The second kappa shape index (κ2) is 7.72. The summed E-state index contributed by atoms with van der Waals surface area (Å²) in [7, 11) is 3.98. The fraction of sp³-hybridized carbons (Fsp3) is 0.160. The lowest BCUT2D eigenvalue weighted by Crippen LogP contribution is -2.18. The first-order valence-electron chi connectivity index (χ1n) is 10.3. The molecule has 154 valence electrons. The van der Waals surface area contributed by atoms with E-state index in [0.29, 0.717) is 5.69 Å². The first-order chi connectivity index (χ1) is 15.1. The van der Waals surface area contributed by atoms with Crippen molar-refractivity contribution in [2.24, 2.45) is 5.10 Å². The molecule has 0 fully saturated rings. The Bertz CT molecular complexity index is 1290. The summed E-state index contributed by atoms with van der Waals surface area (Å²) in [6.45, 7) is 0. The van der Waals surface area contributed by atoms with Gasteiger partial charge in [0.2, 0.25) is 0 Å². The summed E-state index contributed by atoms with van der Waals surface area (Å²) in [4.78, 5) is 14.5. The molecule has 0 saturated carbocycles. The lowest BCUT2D eigenvalue weighted by atomic mass is 9.98. The Morgan fingerprint density at radius 2 is 1.84 bits per heavy atom. The van der Waals surface area contributed by atoms with E-state index in [1.807, 2.05) is 43.3 Å². The zero-order valence-corrected chi connectivity index (χ0v) is 17.5. The Hall–Kier alpha value is -3.93. The van der Waals surface area contributed by atoms with Gasteiger partial charge in [-0.15, -0.1) is 0 Å². The minimum absolute atomic E-state index is 0.328. The summed E-state index contributed by atoms with van der Waals surface area (Å²) in [5, 5.41) is 13.8. The second-order valence-electron chi connectivity index (χ2n) is 7.96. The molecule has 1 aliphatic carbocycles. The van der Waals surface area contributed by atoms with Crippen molar-refractivity contribution in [1.82, 2.24) is 15.6 Å². The number of carbonyl (C=O) groups excluding carboxylic acids is 1. The number of aromatic amines is 1. The average molecular weight is 409 g/mol. The van der Waals surface area contributed by atoms with E-state index in [4.69, 9.17) is 0 Å². The zero-order chi connectivity index (χ0) is 21.4. The minimum Gasteiger partial charge on any atom is -0.378 e. The Morgan fingerprint density at radius 3 is 2.61 bits per heavy atom. The van der Waals surface area contributed by atoms with Crippen LogP contribution in [-0.4, -0.2) is 36.4 Å². The van der Waals surface area contributed by atoms with E-state index >= 15 is 0 Å². The molecule has 1 aromatic heterocycles. The number of H-pyrrole nitrogens is 1. The Labute approximate surface area is 180 Å². The maximum Gasteiger partial charge on any atom is 0.289 e. The van der Waals surface area contributed by atoms with Gasteiger partial charge in [-0.1, -0.05) is 42.5 Å². The van der Waals surface area contributed by atoms with Gasteiger partial charge in [0.25, 0.3) is 5.91 Å². The number of nitrogens with zero attached hydrogens (tertiary/aromatic N) is 3. The van der Waals surface area contributed by atoms with E-state index in [1.165, 1.54) is 21.9 Å². The molecule has 1 heterocycles. The van der Waals surface area contributed by atoms with Crippen LogP contribution in [0.15, 0.2) is 65.8 Å². The third kappa shape index (κ3) is 3.57. The van der Waals surface area contributed by atoms with E-state index in [2.05, 4.69) is 51.1 Å². The van der Waals surface area contributed by atoms with Crippen LogP contribution in [0.3, 0.4) is 0 Å². The van der Waals surface area contributed by atoms with Crippen LogP contribution < -0.4 is 10.3 Å². The summed E-state index contributed by atoms with van der Waals surface area (Å²) in [5.41, 5.74) is 9.50. The zero-order valence-electron chi connectivity index (χ0n) is 17.5. The van der Waals surface area contributed by atoms with Crippen molar-refractivity contribution in [2.45, 2.75) is 12.8 Å². The molecular formula is C25H23N5O. The van der Waals surface area contributed by atoms with Crippen molar-refractivity contribution in [3.8, 4) is 11.3 Å². The SMILES string of the molecule is CN(C)c1ccc(/C=N/NC(=O)c2cc(-c3ccc4c5c(cccc35)CC4)n[nH]2)cc1. The van der Waals surface area contributed by atoms with Crippen LogP contribution in [0, 0.1) is 0 Å². The molecule has 5 rings (SSSR count). The van der Waals surface area contributed by atoms with E-state index < -0.39 is 0 Å². The molecule has 1 amide bonds. The molecule has 0 atom stereocenters. The van der Waals surface area contributed by atoms with Gasteiger partial charge in [0, 0.05) is 25.3 Å². The van der Waals surface area contributed by atoms with Crippen molar-refractivity contribution in [3.63, 3.8) is 0 Å². The standard InChI is InChI=1S/C25H23N5O/c1-30(2)19-11-6-16(7-12-19)15-26-29-25(31)23-14-22(27-28-23)20-13-10-18-9-8-17-4-3-5-21(20)24(17)18/h3-7,10-15H,8-9H2,1-2H3,(H,27,28)(H,29,31)/b26-15+. The number of rotatable bonds is 5. The third-order valence-corrected chi connectivity index (χ3v) is 5.76. The maximum atomic E-state index is 12.5. The molecule has 1 aliphatic rings. The number of amides is 1. The highest BCUT2D eigenvalue weighted by Crippen LogP contribution is 2.36. The number of nitrogens with one attached hydrogen (secondary N) is 2. The molecule has 6 nitrogen and oxygen atoms in total. The number of aryl methyl sites for hydroxylation is 2. The van der Waals surface area contributed by atoms with Crippen molar-refractivity contribution in [2.75, 3.05) is 19.0 Å². The smallest absolute Gasteiger partial charge is 0.289 e. The molecule has 0 unspecified atom stereocenters. The molecule has 31 heavy (non-hydrogen) atoms. The van der Waals surface area contributed by atoms with E-state index in [-0.39, 0.29) is 5.91 Å². The lowest BCUT2D eigenvalue weighted by molar-refractivity contribution is 0.0950. The molecule has 0 saturated heterocycles. The highest BCUT2D eigenvalue weighted by atomic mass is 16.2. The number of hydrazone groups is 1. The van der Waals surface area contributed by atoms with E-state index in [1.54, 1.807) is 12.3 Å². The van der Waals surface area contributed by atoms with Crippen LogP contribution >= 0.6 is 0 Å². The summed E-state index contributed by atoms with van der Waals surface area (Å²) in [5.74, 6) is -0.328. The maximum absolute atomic E-state index is 12.5. The lowest BCUT2D eigenvalue weighted by Gasteiger charge is -2.11. The largest absolute Gasteiger partial charge is 0.378 e. The number of anilines is 1. The monoisotopic (exact) mass is 409 g/mol. The number of aromatic nitrogens is 2. The Balaban J connectivity index is 1.33. The first-order valence-corrected chi connectivity index (χ1v) is 10.3. The second-order valence-corrected chi connectivity index (χ2v) is 7.96. The number of benzene rings is 3. The third-order valence-electron chi connectivity index (χ3n) is 5.76. The first kappa shape index (κ1) is 19.1. The molecule has 3 aromatic carbocycles. The molecule has 0 radical (unpaired) electrons. The highest BCUT2D eigenvalue weighted by Gasteiger charge is 2.18. The van der Waals surface area contributed by atoms with Crippen molar-refractivity contribution < 1.29 is 4.79 Å². The van der Waals surface area contributed by atoms with Gasteiger partial charge in [-0.25, -0.2) is 5.43 Å². The van der Waals surface area contributed by atoms with Crippen molar-refractivity contribution in [1.29, 1.82) is 0 Å². The highest BCUT2D eigenvalue weighted by molar-refractivity contribution is 6.02. The fourth-order valence-corrected chi connectivity index (χ4v) is 4.13. The van der Waals surface area contributed by atoms with Gasteiger partial charge in [-0.05, 0) is 58.5 Å². The van der Waals surface area contributed by atoms with Gasteiger partial charge in [0.1, 0.15) is 5.69 Å². The topological polar surface area (TPSA) is 73.4 Å². The summed E-state index contributed by atoms with van der Waals surface area (Å²) >= 11 is 0. The molecule has 0 aliphatic heterocycles. The molecular weight excluding hydrogens is 386 g/mol. The van der Waals surface area contributed by atoms with Crippen LogP contribution in [0.5, 0.6) is 0 Å². The Kier molecular flexibility index (Phi) is 4.75. The predicted molar refractivity (Wildman–Crippen MR) is 125 cm³/mol. The number of carbonyl (C=O) groups is 1. The molecule has 2 N–H and O–H groups in total. The molecule has 0 bridgehead atoms. The summed E-state index contributed by atoms with van der Waals surface area (Å²) < 4.78 is 0. The predicted octanol–water partition coefficient (Wildman–Crippen LogP) is 4.16. The Morgan fingerprint density at radius 1 is 1.06 bits per heavy atom. The van der Waals surface area contributed by atoms with Crippen molar-refractivity contribution in [3.05, 3.63) is 83.0 Å². The van der Waals surface area contributed by atoms with Gasteiger partial charge in [-0.2, -0.15) is 10.2 Å². The number of hydrogen-bond donors (Lipinski definition) is 2. The van der Waals surface area contributed by atoms with Gasteiger partial charge >= 0.3 is 0 Å². The van der Waals surface area contributed by atoms with Crippen LogP contribution in [0.1, 0.15) is 27.2 Å². The average Bonchev–Trinajstić information content (AvgIpc) is 3.43. The summed E-state index contributed by atoms with van der Waals surface area (Å²) in [6, 6.07) is 20.4. The van der Waals surface area contributed by atoms with E-state index in [9.17, 15) is 4.79 Å². The van der Waals surface area contributed by atoms with Gasteiger partial charge < -0.3 is 4.90 Å². The molecule has 0 spiro atoms. The van der Waals surface area contributed by atoms with E-state index in [0.717, 1.165) is 35.3 Å². The van der Waals surface area contributed by atoms with Crippen LogP contribution in [0.25, 0.3) is 22.0 Å². The van der Waals surface area contributed by atoms with Crippen LogP contribution in [0.4, 0.5) is 5.69 Å². The van der Waals surface area contributed by atoms with Crippen LogP contribution in [0.2, 0.25) is 0 Å². The van der Waals surface area contributed by atoms with Gasteiger partial charge in [-0.3, -0.25) is 9.89 Å². The van der Waals surface area contributed by atoms with Crippen molar-refractivity contribution >= 4 is 28.6 Å². The molecule has 4 aromatic rings. The quantitative estimate of drug-likeness (QED) is 0.384. The number of hydrogen-bond acceptors (Lipinski definition) is 4. The fourth-order valence-electron chi connectivity index (χ4n) is 4.13. The molecule has 6 heteroatoms. The summed E-state index contributed by atoms with van der Waals surface area (Å²) in [6.07, 6.45) is 3.79. The van der Waals surface area contributed by atoms with Gasteiger partial charge in [0.15, 0.2) is 0 Å².